The first kappa shape index (κ1) is 12.4. The van der Waals surface area contributed by atoms with Crippen molar-refractivity contribution in [2.75, 3.05) is 13.7 Å². The van der Waals surface area contributed by atoms with Crippen molar-refractivity contribution in [3.63, 3.8) is 0 Å². The molecule has 5 heteroatoms. The minimum absolute atomic E-state index is 0.106. The summed E-state index contributed by atoms with van der Waals surface area (Å²) in [5, 5.41) is 26.6. The van der Waals surface area contributed by atoms with Gasteiger partial charge in [0.2, 0.25) is 0 Å². The molecule has 0 saturated carbocycles. The fourth-order valence-electron chi connectivity index (χ4n) is 1.35. The van der Waals surface area contributed by atoms with Gasteiger partial charge in [0, 0.05) is 12.5 Å². The Morgan fingerprint density at radius 3 is 2.75 bits per heavy atom. The molecule has 0 heterocycles. The lowest BCUT2D eigenvalue weighted by molar-refractivity contribution is 0.0949. The summed E-state index contributed by atoms with van der Waals surface area (Å²) in [4.78, 5) is 0. The summed E-state index contributed by atoms with van der Waals surface area (Å²) >= 11 is 0. The number of aliphatic hydroxyl groups excluding tert-OH is 2. The van der Waals surface area contributed by atoms with Gasteiger partial charge < -0.3 is 14.9 Å². The van der Waals surface area contributed by atoms with Gasteiger partial charge in [0.15, 0.2) is 0 Å². The van der Waals surface area contributed by atoms with Gasteiger partial charge in [-0.3, -0.25) is 0 Å². The Kier molecular flexibility index (Phi) is 4.23. The summed E-state index contributed by atoms with van der Waals surface area (Å²) < 4.78 is 18.2. The Hall–Kier alpha value is -1.64. The van der Waals surface area contributed by atoms with Crippen molar-refractivity contribution >= 4 is 0 Å². The number of methoxy groups -OCH3 is 1. The number of rotatable bonds is 4. The van der Waals surface area contributed by atoms with E-state index in [2.05, 4.69) is 0 Å². The second kappa shape index (κ2) is 5.45. The molecule has 0 aromatic heterocycles. The van der Waals surface area contributed by atoms with E-state index in [4.69, 9.17) is 15.1 Å². The molecule has 2 N–H and O–H groups in total. The predicted octanol–water partition coefficient (Wildman–Crippen LogP) is 0.602. The highest BCUT2D eigenvalue weighted by molar-refractivity contribution is 5.43. The number of nitriles is 1. The molecule has 1 atom stereocenters. The second-order valence-corrected chi connectivity index (χ2v) is 3.30. The standard InChI is InChI=1S/C11H12FNO3/c1-16-11-4-10(12)8(5-13)2-7(11)3-9(15)6-14/h2,4,9,14-15H,3,6H2,1H3. The van der Waals surface area contributed by atoms with Gasteiger partial charge in [-0.15, -0.1) is 0 Å². The van der Waals surface area contributed by atoms with Gasteiger partial charge in [-0.2, -0.15) is 5.26 Å². The van der Waals surface area contributed by atoms with E-state index in [0.29, 0.717) is 5.56 Å². The molecule has 1 rings (SSSR count). The number of aliphatic hydroxyl groups is 2. The number of benzene rings is 1. The SMILES string of the molecule is COc1cc(F)c(C#N)cc1CC(O)CO. The summed E-state index contributed by atoms with van der Waals surface area (Å²) in [6, 6.07) is 4.11. The molecule has 0 bridgehead atoms. The zero-order chi connectivity index (χ0) is 12.1. The molecular formula is C11H12FNO3. The van der Waals surface area contributed by atoms with Gasteiger partial charge in [0.05, 0.1) is 25.4 Å². The van der Waals surface area contributed by atoms with Gasteiger partial charge in [0.25, 0.3) is 0 Å². The van der Waals surface area contributed by atoms with Crippen LogP contribution in [0.25, 0.3) is 0 Å². The van der Waals surface area contributed by atoms with Crippen LogP contribution in [-0.2, 0) is 6.42 Å². The molecule has 4 nitrogen and oxygen atoms in total. The van der Waals surface area contributed by atoms with Crippen molar-refractivity contribution in [1.29, 1.82) is 5.26 Å². The normalized spacial score (nSPS) is 11.9. The van der Waals surface area contributed by atoms with E-state index in [1.165, 1.54) is 13.2 Å². The summed E-state index contributed by atoms with van der Waals surface area (Å²) in [5.41, 5.74) is 0.378. The predicted molar refractivity (Wildman–Crippen MR) is 54.5 cm³/mol. The summed E-state index contributed by atoms with van der Waals surface area (Å²) in [5.74, 6) is -0.411. The molecule has 0 aliphatic heterocycles. The Balaban J connectivity index is 3.10. The number of nitrogens with zero attached hydrogens (tertiary/aromatic N) is 1. The molecule has 1 aromatic carbocycles. The largest absolute Gasteiger partial charge is 0.496 e. The maximum atomic E-state index is 13.2. The van der Waals surface area contributed by atoms with E-state index in [0.717, 1.165) is 6.07 Å². The third-order valence-corrected chi connectivity index (χ3v) is 2.16. The van der Waals surface area contributed by atoms with E-state index in [-0.39, 0.29) is 17.7 Å². The number of halogens is 1. The number of hydrogen-bond acceptors (Lipinski definition) is 4. The average Bonchev–Trinajstić information content (AvgIpc) is 2.30. The van der Waals surface area contributed by atoms with Gasteiger partial charge in [-0.05, 0) is 11.6 Å². The summed E-state index contributed by atoms with van der Waals surface area (Å²) in [7, 11) is 1.37. The van der Waals surface area contributed by atoms with Crippen LogP contribution in [0.15, 0.2) is 12.1 Å². The van der Waals surface area contributed by atoms with Crippen LogP contribution in [0, 0.1) is 17.1 Å². The molecule has 0 saturated heterocycles. The molecule has 1 unspecified atom stereocenters. The molecule has 0 spiro atoms. The lowest BCUT2D eigenvalue weighted by Crippen LogP contribution is -2.16. The quantitative estimate of drug-likeness (QED) is 0.787. The first-order valence-electron chi connectivity index (χ1n) is 4.67. The van der Waals surface area contributed by atoms with Crippen LogP contribution in [0.3, 0.4) is 0 Å². The van der Waals surface area contributed by atoms with E-state index < -0.39 is 18.5 Å². The summed E-state index contributed by atoms with van der Waals surface area (Å²) in [6.45, 7) is -0.400. The van der Waals surface area contributed by atoms with E-state index >= 15 is 0 Å². The first-order valence-corrected chi connectivity index (χ1v) is 4.67. The van der Waals surface area contributed by atoms with Crippen molar-refractivity contribution in [1.82, 2.24) is 0 Å². The fraction of sp³-hybridized carbons (Fsp3) is 0.364. The number of hydrogen-bond donors (Lipinski definition) is 2. The Bertz CT molecular complexity index is 414. The van der Waals surface area contributed by atoms with Crippen molar-refractivity contribution in [3.05, 3.63) is 29.1 Å². The smallest absolute Gasteiger partial charge is 0.144 e. The Labute approximate surface area is 92.5 Å². The zero-order valence-corrected chi connectivity index (χ0v) is 8.77. The topological polar surface area (TPSA) is 73.5 Å². The van der Waals surface area contributed by atoms with Gasteiger partial charge in [0.1, 0.15) is 17.6 Å². The molecule has 86 valence electrons. The van der Waals surface area contributed by atoms with Crippen molar-refractivity contribution in [3.8, 4) is 11.8 Å². The van der Waals surface area contributed by atoms with E-state index in [9.17, 15) is 9.50 Å². The highest BCUT2D eigenvalue weighted by Crippen LogP contribution is 2.23. The molecule has 0 radical (unpaired) electrons. The lowest BCUT2D eigenvalue weighted by Gasteiger charge is -2.12. The highest BCUT2D eigenvalue weighted by Gasteiger charge is 2.13. The molecule has 0 aliphatic carbocycles. The molecule has 0 fully saturated rings. The zero-order valence-electron chi connectivity index (χ0n) is 8.77. The average molecular weight is 225 g/mol. The molecule has 0 amide bonds. The second-order valence-electron chi connectivity index (χ2n) is 3.30. The number of ether oxygens (including phenoxy) is 1. The van der Waals surface area contributed by atoms with E-state index in [1.807, 2.05) is 0 Å². The van der Waals surface area contributed by atoms with Crippen molar-refractivity contribution in [2.24, 2.45) is 0 Å². The van der Waals surface area contributed by atoms with Crippen molar-refractivity contribution in [2.45, 2.75) is 12.5 Å². The first-order chi connectivity index (χ1) is 7.62. The minimum atomic E-state index is -0.953. The van der Waals surface area contributed by atoms with Gasteiger partial charge in [-0.1, -0.05) is 0 Å². The van der Waals surface area contributed by atoms with Crippen LogP contribution in [0.4, 0.5) is 4.39 Å². The van der Waals surface area contributed by atoms with Crippen LogP contribution >= 0.6 is 0 Å². The third kappa shape index (κ3) is 2.69. The Morgan fingerprint density at radius 1 is 1.56 bits per heavy atom. The molecule has 0 aliphatic rings. The van der Waals surface area contributed by atoms with Crippen LogP contribution in [-0.4, -0.2) is 30.0 Å². The summed E-state index contributed by atoms with van der Waals surface area (Å²) in [6.07, 6.45) is -0.847. The van der Waals surface area contributed by atoms with Gasteiger partial charge in [-0.25, -0.2) is 4.39 Å². The lowest BCUT2D eigenvalue weighted by atomic mass is 10.0. The van der Waals surface area contributed by atoms with Crippen molar-refractivity contribution < 1.29 is 19.3 Å². The molecule has 1 aromatic rings. The Morgan fingerprint density at radius 2 is 2.25 bits per heavy atom. The minimum Gasteiger partial charge on any atom is -0.496 e. The molecular weight excluding hydrogens is 213 g/mol. The maximum Gasteiger partial charge on any atom is 0.144 e. The van der Waals surface area contributed by atoms with E-state index in [1.54, 1.807) is 6.07 Å². The highest BCUT2D eigenvalue weighted by atomic mass is 19.1. The van der Waals surface area contributed by atoms with Crippen LogP contribution in [0.1, 0.15) is 11.1 Å². The maximum absolute atomic E-state index is 13.2. The van der Waals surface area contributed by atoms with Gasteiger partial charge >= 0.3 is 0 Å². The third-order valence-electron chi connectivity index (χ3n) is 2.16. The fourth-order valence-corrected chi connectivity index (χ4v) is 1.35. The monoisotopic (exact) mass is 225 g/mol. The van der Waals surface area contributed by atoms with Crippen LogP contribution in [0.2, 0.25) is 0 Å². The van der Waals surface area contributed by atoms with Crippen LogP contribution in [0.5, 0.6) is 5.75 Å². The molecule has 16 heavy (non-hydrogen) atoms. The van der Waals surface area contributed by atoms with Crippen LogP contribution < -0.4 is 4.74 Å².